The summed E-state index contributed by atoms with van der Waals surface area (Å²) in [6, 6.07) is 9.13. The molecule has 0 heterocycles. The maximum Gasteiger partial charge on any atom is 0.191 e. The molecule has 1 rings (SSSR count). The highest BCUT2D eigenvalue weighted by Crippen LogP contribution is 2.19. The molecule has 0 amide bonds. The third kappa shape index (κ3) is 7.32. The third-order valence-corrected chi connectivity index (χ3v) is 3.98. The van der Waals surface area contributed by atoms with E-state index in [2.05, 4.69) is 67.7 Å². The third-order valence-electron chi connectivity index (χ3n) is 3.98. The number of guanidine groups is 1. The van der Waals surface area contributed by atoms with Crippen molar-refractivity contribution in [3.8, 4) is 0 Å². The fourth-order valence-corrected chi connectivity index (χ4v) is 2.49. The van der Waals surface area contributed by atoms with Gasteiger partial charge in [-0.1, -0.05) is 31.2 Å². The van der Waals surface area contributed by atoms with Gasteiger partial charge in [-0.15, -0.1) is 0 Å². The number of nitrogens with one attached hydrogen (secondary N) is 2. The molecule has 0 fully saturated rings. The topological polar surface area (TPSA) is 48.9 Å². The van der Waals surface area contributed by atoms with Crippen LogP contribution in [0.3, 0.4) is 0 Å². The Hall–Kier alpha value is -1.59. The number of benzene rings is 1. The maximum absolute atomic E-state index is 5.08. The minimum Gasteiger partial charge on any atom is -0.385 e. The molecule has 0 aliphatic rings. The van der Waals surface area contributed by atoms with Crippen molar-refractivity contribution >= 4 is 5.96 Å². The van der Waals surface area contributed by atoms with Crippen LogP contribution in [0.1, 0.15) is 37.4 Å². The largest absolute Gasteiger partial charge is 0.385 e. The van der Waals surface area contributed by atoms with Gasteiger partial charge in [-0.3, -0.25) is 4.99 Å². The van der Waals surface area contributed by atoms with Crippen LogP contribution in [-0.4, -0.2) is 58.3 Å². The molecule has 0 bridgehead atoms. The number of methoxy groups -OCH3 is 1. The van der Waals surface area contributed by atoms with E-state index in [1.165, 1.54) is 11.1 Å². The predicted molar refractivity (Wildman–Crippen MR) is 103 cm³/mol. The molecule has 0 aliphatic carbocycles. The highest BCUT2D eigenvalue weighted by molar-refractivity contribution is 5.79. The monoisotopic (exact) mass is 334 g/mol. The first kappa shape index (κ1) is 20.5. The Morgan fingerprint density at radius 1 is 1.17 bits per heavy atom. The van der Waals surface area contributed by atoms with Gasteiger partial charge in [0.2, 0.25) is 0 Å². The van der Waals surface area contributed by atoms with Crippen LogP contribution < -0.4 is 10.6 Å². The highest BCUT2D eigenvalue weighted by Gasteiger charge is 2.14. The van der Waals surface area contributed by atoms with E-state index in [-0.39, 0.29) is 6.04 Å². The Morgan fingerprint density at radius 3 is 2.42 bits per heavy atom. The molecule has 5 heteroatoms. The van der Waals surface area contributed by atoms with Crippen molar-refractivity contribution in [2.24, 2.45) is 4.99 Å². The zero-order valence-corrected chi connectivity index (χ0v) is 15.9. The van der Waals surface area contributed by atoms with Gasteiger partial charge in [0.1, 0.15) is 0 Å². The molecule has 0 spiro atoms. The molecule has 136 valence electrons. The van der Waals surface area contributed by atoms with Gasteiger partial charge in [-0.2, -0.15) is 0 Å². The summed E-state index contributed by atoms with van der Waals surface area (Å²) >= 11 is 0. The minimum atomic E-state index is 0.269. The smallest absolute Gasteiger partial charge is 0.191 e. The number of aliphatic imine (C=N–C) groups is 1. The van der Waals surface area contributed by atoms with E-state index in [0.717, 1.165) is 45.0 Å². The Balaban J connectivity index is 2.72. The summed E-state index contributed by atoms with van der Waals surface area (Å²) in [5.74, 6) is 0.866. The van der Waals surface area contributed by atoms with E-state index in [0.29, 0.717) is 0 Å². The fraction of sp³-hybridized carbons (Fsp3) is 0.632. The van der Waals surface area contributed by atoms with Crippen molar-refractivity contribution in [1.82, 2.24) is 15.5 Å². The molecular formula is C19H34N4O. The lowest BCUT2D eigenvalue weighted by atomic mass is 10.0. The van der Waals surface area contributed by atoms with Crippen molar-refractivity contribution in [1.29, 1.82) is 0 Å². The molecule has 0 aromatic heterocycles. The molecular weight excluding hydrogens is 300 g/mol. The number of aryl methyl sites for hydroxylation is 1. The number of ether oxygens (including phenoxy) is 1. The van der Waals surface area contributed by atoms with Crippen LogP contribution in [0.15, 0.2) is 29.3 Å². The molecule has 5 nitrogen and oxygen atoms in total. The van der Waals surface area contributed by atoms with Crippen LogP contribution in [0.5, 0.6) is 0 Å². The van der Waals surface area contributed by atoms with E-state index >= 15 is 0 Å². The molecule has 1 aromatic carbocycles. The van der Waals surface area contributed by atoms with Crippen LogP contribution in [0.2, 0.25) is 0 Å². The van der Waals surface area contributed by atoms with Crippen LogP contribution in [0.4, 0.5) is 0 Å². The number of hydrogen-bond donors (Lipinski definition) is 2. The summed E-state index contributed by atoms with van der Waals surface area (Å²) in [6.07, 6.45) is 2.04. The normalized spacial score (nSPS) is 13.2. The van der Waals surface area contributed by atoms with Gasteiger partial charge in [-0.25, -0.2) is 0 Å². The Kier molecular flexibility index (Phi) is 10.1. The molecule has 24 heavy (non-hydrogen) atoms. The predicted octanol–water partition coefficient (Wildman–Crippen LogP) is 2.44. The summed E-state index contributed by atoms with van der Waals surface area (Å²) in [6.45, 7) is 7.46. The second-order valence-corrected chi connectivity index (χ2v) is 6.07. The number of nitrogens with zero attached hydrogens (tertiary/aromatic N) is 2. The Morgan fingerprint density at radius 2 is 1.88 bits per heavy atom. The van der Waals surface area contributed by atoms with Gasteiger partial charge < -0.3 is 20.3 Å². The van der Waals surface area contributed by atoms with Crippen LogP contribution in [0, 0.1) is 0 Å². The van der Waals surface area contributed by atoms with E-state index in [4.69, 9.17) is 9.73 Å². The fourth-order valence-electron chi connectivity index (χ4n) is 2.49. The number of hydrogen-bond acceptors (Lipinski definition) is 3. The quantitative estimate of drug-likeness (QED) is 0.392. The van der Waals surface area contributed by atoms with Gasteiger partial charge in [0.05, 0.1) is 12.6 Å². The summed E-state index contributed by atoms with van der Waals surface area (Å²) in [5, 5.41) is 6.66. The summed E-state index contributed by atoms with van der Waals surface area (Å²) in [7, 11) is 5.94. The first-order valence-electron chi connectivity index (χ1n) is 8.88. The number of likely N-dealkylation sites (N-methyl/N-ethyl adjacent to an activating group) is 1. The lowest BCUT2D eigenvalue weighted by molar-refractivity contribution is 0.195. The van der Waals surface area contributed by atoms with E-state index in [9.17, 15) is 0 Å². The average Bonchev–Trinajstić information content (AvgIpc) is 2.59. The lowest BCUT2D eigenvalue weighted by Crippen LogP contribution is -2.38. The van der Waals surface area contributed by atoms with Gasteiger partial charge >= 0.3 is 0 Å². The lowest BCUT2D eigenvalue weighted by Gasteiger charge is -2.24. The van der Waals surface area contributed by atoms with Gasteiger partial charge in [0, 0.05) is 26.8 Å². The van der Waals surface area contributed by atoms with Crippen LogP contribution in [-0.2, 0) is 11.2 Å². The van der Waals surface area contributed by atoms with Crippen LogP contribution in [0.25, 0.3) is 0 Å². The van der Waals surface area contributed by atoms with E-state index in [1.807, 2.05) is 0 Å². The van der Waals surface area contributed by atoms with Crippen molar-refractivity contribution in [2.75, 3.05) is 47.4 Å². The minimum absolute atomic E-state index is 0.269. The summed E-state index contributed by atoms with van der Waals surface area (Å²) in [4.78, 5) is 6.98. The second kappa shape index (κ2) is 11.9. The van der Waals surface area contributed by atoms with Crippen molar-refractivity contribution in [3.63, 3.8) is 0 Å². The molecule has 1 atom stereocenters. The van der Waals surface area contributed by atoms with E-state index in [1.54, 1.807) is 7.11 Å². The second-order valence-electron chi connectivity index (χ2n) is 6.07. The molecule has 0 radical (unpaired) electrons. The summed E-state index contributed by atoms with van der Waals surface area (Å²) in [5.41, 5.74) is 2.67. The van der Waals surface area contributed by atoms with Gasteiger partial charge in [-0.05, 0) is 45.0 Å². The molecule has 2 N–H and O–H groups in total. The van der Waals surface area contributed by atoms with Gasteiger partial charge in [0.15, 0.2) is 5.96 Å². The highest BCUT2D eigenvalue weighted by atomic mass is 16.5. The maximum atomic E-state index is 5.08. The molecule has 1 unspecified atom stereocenters. The first-order chi connectivity index (χ1) is 11.6. The van der Waals surface area contributed by atoms with Crippen molar-refractivity contribution in [3.05, 3.63) is 35.4 Å². The van der Waals surface area contributed by atoms with Crippen molar-refractivity contribution < 1.29 is 4.74 Å². The first-order valence-corrected chi connectivity index (χ1v) is 8.88. The molecule has 0 saturated heterocycles. The molecule has 0 saturated carbocycles. The standard InChI is InChI=1S/C19H34N4O/c1-6-16-9-11-17(12-10-16)18(23(3)4)15-22-19(20-7-2)21-13-8-14-24-5/h9-12,18H,6-8,13-15H2,1-5H3,(H2,20,21,22). The number of rotatable bonds is 10. The zero-order valence-electron chi connectivity index (χ0n) is 15.9. The summed E-state index contributed by atoms with van der Waals surface area (Å²) < 4.78 is 5.08. The SMILES string of the molecule is CCNC(=NCC(c1ccc(CC)cc1)N(C)C)NCCCOC. The van der Waals surface area contributed by atoms with Gasteiger partial charge in [0.25, 0.3) is 0 Å². The molecule has 1 aromatic rings. The Labute approximate surface area is 147 Å². The van der Waals surface area contributed by atoms with Crippen LogP contribution >= 0.6 is 0 Å². The average molecular weight is 335 g/mol. The Bertz CT molecular complexity index is 471. The molecule has 0 aliphatic heterocycles. The van der Waals surface area contributed by atoms with Crippen molar-refractivity contribution in [2.45, 2.75) is 32.7 Å². The van der Waals surface area contributed by atoms with E-state index < -0.39 is 0 Å². The zero-order chi connectivity index (χ0) is 17.8.